The van der Waals surface area contributed by atoms with Crippen LogP contribution in [0.1, 0.15) is 18.9 Å². The number of amides is 1. The van der Waals surface area contributed by atoms with E-state index in [2.05, 4.69) is 15.5 Å². The Bertz CT molecular complexity index is 595. The van der Waals surface area contributed by atoms with E-state index in [1.165, 1.54) is 13.1 Å². The number of aromatic nitrogens is 2. The minimum Gasteiger partial charge on any atom is -0.481 e. The van der Waals surface area contributed by atoms with Gasteiger partial charge < -0.3 is 10.4 Å². The number of carboxylic acid groups (broad SMARTS) is 1. The molecule has 2 aromatic rings. The Morgan fingerprint density at radius 2 is 2.00 bits per heavy atom. The molecular formula is C14H15N3O3. The average Bonchev–Trinajstić information content (AvgIpc) is 2.92. The third kappa shape index (κ3) is 2.85. The summed E-state index contributed by atoms with van der Waals surface area (Å²) in [4.78, 5) is 23.5. The van der Waals surface area contributed by atoms with E-state index < -0.39 is 11.4 Å². The maximum atomic E-state index is 12.0. The van der Waals surface area contributed by atoms with Crippen LogP contribution >= 0.6 is 0 Å². The number of carboxylic acids is 1. The largest absolute Gasteiger partial charge is 0.481 e. The Labute approximate surface area is 115 Å². The molecule has 6 heteroatoms. The Balaban J connectivity index is 2.18. The van der Waals surface area contributed by atoms with Crippen LogP contribution in [0.5, 0.6) is 0 Å². The summed E-state index contributed by atoms with van der Waals surface area (Å²) in [5, 5.41) is 18.3. The quantitative estimate of drug-likeness (QED) is 0.773. The first-order valence-electron chi connectivity index (χ1n) is 6.10. The van der Waals surface area contributed by atoms with E-state index in [1.54, 1.807) is 36.4 Å². The monoisotopic (exact) mass is 273 g/mol. The molecule has 0 saturated carbocycles. The second-order valence-electron chi connectivity index (χ2n) is 4.70. The molecule has 0 spiro atoms. The van der Waals surface area contributed by atoms with Gasteiger partial charge in [-0.05, 0) is 12.5 Å². The second-order valence-corrected chi connectivity index (χ2v) is 4.70. The van der Waals surface area contributed by atoms with Gasteiger partial charge in [-0.2, -0.15) is 5.10 Å². The van der Waals surface area contributed by atoms with Crippen molar-refractivity contribution < 1.29 is 14.7 Å². The molecule has 0 aliphatic carbocycles. The van der Waals surface area contributed by atoms with E-state index in [4.69, 9.17) is 0 Å². The van der Waals surface area contributed by atoms with Crippen molar-refractivity contribution in [2.45, 2.75) is 18.8 Å². The summed E-state index contributed by atoms with van der Waals surface area (Å²) in [6, 6.07) is 10.3. The number of benzene rings is 1. The molecular weight excluding hydrogens is 258 g/mol. The summed E-state index contributed by atoms with van der Waals surface area (Å²) >= 11 is 0. The molecule has 3 N–H and O–H groups in total. The van der Waals surface area contributed by atoms with Gasteiger partial charge in [0.2, 0.25) is 5.91 Å². The summed E-state index contributed by atoms with van der Waals surface area (Å²) in [7, 11) is 0. The summed E-state index contributed by atoms with van der Waals surface area (Å²) in [6.07, 6.45) is 1.34. The normalized spacial score (nSPS) is 13.4. The van der Waals surface area contributed by atoms with Gasteiger partial charge in [0.25, 0.3) is 0 Å². The van der Waals surface area contributed by atoms with Gasteiger partial charge in [0.15, 0.2) is 0 Å². The average molecular weight is 273 g/mol. The number of nitrogens with one attached hydrogen (secondary N) is 2. The fourth-order valence-corrected chi connectivity index (χ4v) is 1.95. The summed E-state index contributed by atoms with van der Waals surface area (Å²) in [5.74, 6) is -0.984. The van der Waals surface area contributed by atoms with Crippen molar-refractivity contribution in [2.24, 2.45) is 0 Å². The van der Waals surface area contributed by atoms with Gasteiger partial charge >= 0.3 is 5.97 Å². The van der Waals surface area contributed by atoms with Crippen LogP contribution < -0.4 is 5.32 Å². The van der Waals surface area contributed by atoms with Gasteiger partial charge in [-0.15, -0.1) is 0 Å². The fourth-order valence-electron chi connectivity index (χ4n) is 1.95. The van der Waals surface area contributed by atoms with Crippen LogP contribution in [-0.4, -0.2) is 27.2 Å². The molecule has 1 amide bonds. The lowest BCUT2D eigenvalue weighted by Crippen LogP contribution is -2.36. The van der Waals surface area contributed by atoms with Gasteiger partial charge in [-0.1, -0.05) is 30.3 Å². The number of aromatic amines is 1. The molecule has 1 unspecified atom stereocenters. The smallest absolute Gasteiger partial charge is 0.314 e. The van der Waals surface area contributed by atoms with Crippen molar-refractivity contribution in [1.29, 1.82) is 0 Å². The number of nitrogens with zero attached hydrogens (tertiary/aromatic N) is 1. The zero-order valence-corrected chi connectivity index (χ0v) is 11.0. The number of rotatable bonds is 5. The molecule has 1 aromatic carbocycles. The van der Waals surface area contributed by atoms with E-state index >= 15 is 0 Å². The van der Waals surface area contributed by atoms with E-state index in [-0.39, 0.29) is 12.3 Å². The van der Waals surface area contributed by atoms with E-state index in [0.29, 0.717) is 11.4 Å². The lowest BCUT2D eigenvalue weighted by Gasteiger charge is -2.24. The van der Waals surface area contributed by atoms with Crippen molar-refractivity contribution in [2.75, 3.05) is 5.32 Å². The topological polar surface area (TPSA) is 95.1 Å². The summed E-state index contributed by atoms with van der Waals surface area (Å²) in [5.41, 5.74) is -0.682. The lowest BCUT2D eigenvalue weighted by molar-refractivity contribution is -0.145. The maximum Gasteiger partial charge on any atom is 0.314 e. The maximum absolute atomic E-state index is 12.0. The van der Waals surface area contributed by atoms with Crippen LogP contribution in [0.25, 0.3) is 0 Å². The molecule has 0 saturated heterocycles. The zero-order valence-electron chi connectivity index (χ0n) is 11.0. The molecule has 0 aliphatic heterocycles. The molecule has 1 atom stereocenters. The van der Waals surface area contributed by atoms with Crippen molar-refractivity contribution in [3.05, 3.63) is 48.2 Å². The first-order chi connectivity index (χ1) is 9.52. The van der Waals surface area contributed by atoms with Gasteiger partial charge in [-0.3, -0.25) is 14.7 Å². The molecule has 0 bridgehead atoms. The van der Waals surface area contributed by atoms with Crippen LogP contribution in [0.15, 0.2) is 42.6 Å². The van der Waals surface area contributed by atoms with Crippen LogP contribution in [0, 0.1) is 0 Å². The zero-order chi connectivity index (χ0) is 14.6. The lowest BCUT2D eigenvalue weighted by atomic mass is 9.79. The predicted molar refractivity (Wildman–Crippen MR) is 73.3 cm³/mol. The number of hydrogen-bond donors (Lipinski definition) is 3. The van der Waals surface area contributed by atoms with E-state index in [0.717, 1.165) is 0 Å². The van der Waals surface area contributed by atoms with E-state index in [1.807, 2.05) is 0 Å². The van der Waals surface area contributed by atoms with Crippen LogP contribution in [0.3, 0.4) is 0 Å². The Hall–Kier alpha value is -2.63. The molecule has 0 fully saturated rings. The Morgan fingerprint density at radius 1 is 1.30 bits per heavy atom. The highest BCUT2D eigenvalue weighted by molar-refractivity contribution is 5.95. The Morgan fingerprint density at radius 3 is 2.55 bits per heavy atom. The minimum absolute atomic E-state index is 0.161. The number of anilines is 1. The molecule has 6 nitrogen and oxygen atoms in total. The Kier molecular flexibility index (Phi) is 3.84. The fraction of sp³-hybridized carbons (Fsp3) is 0.214. The van der Waals surface area contributed by atoms with Gasteiger partial charge in [0.05, 0.1) is 11.6 Å². The van der Waals surface area contributed by atoms with Gasteiger partial charge in [0.1, 0.15) is 5.82 Å². The van der Waals surface area contributed by atoms with Crippen molar-refractivity contribution in [3.63, 3.8) is 0 Å². The highest BCUT2D eigenvalue weighted by Crippen LogP contribution is 2.28. The second kappa shape index (κ2) is 5.56. The van der Waals surface area contributed by atoms with Crippen molar-refractivity contribution in [3.8, 4) is 0 Å². The molecule has 1 aromatic heterocycles. The van der Waals surface area contributed by atoms with Gasteiger partial charge in [0, 0.05) is 12.5 Å². The summed E-state index contributed by atoms with van der Waals surface area (Å²) < 4.78 is 0. The first kappa shape index (κ1) is 13.8. The summed E-state index contributed by atoms with van der Waals surface area (Å²) in [6.45, 7) is 1.54. The number of carbonyl (C=O) groups excluding carboxylic acids is 1. The van der Waals surface area contributed by atoms with Gasteiger partial charge in [-0.25, -0.2) is 0 Å². The first-order valence-corrected chi connectivity index (χ1v) is 6.10. The van der Waals surface area contributed by atoms with E-state index in [9.17, 15) is 14.7 Å². The minimum atomic E-state index is -1.27. The molecule has 2 rings (SSSR count). The molecule has 0 aliphatic rings. The van der Waals surface area contributed by atoms with Crippen LogP contribution in [0.2, 0.25) is 0 Å². The molecule has 0 radical (unpaired) electrons. The number of aliphatic carboxylic acids is 1. The highest BCUT2D eigenvalue weighted by atomic mass is 16.4. The number of carbonyl (C=O) groups is 2. The third-order valence-corrected chi connectivity index (χ3v) is 3.17. The molecule has 20 heavy (non-hydrogen) atoms. The standard InChI is InChI=1S/C14H15N3O3/c1-14(13(19)20,10-5-3-2-4-6-10)9-12(18)16-11-7-8-15-17-11/h2-8H,9H2,1H3,(H,19,20)(H2,15,16,17,18). The number of H-pyrrole nitrogens is 1. The third-order valence-electron chi connectivity index (χ3n) is 3.17. The van der Waals surface area contributed by atoms with Crippen molar-refractivity contribution in [1.82, 2.24) is 10.2 Å². The SMILES string of the molecule is CC(CC(=O)Nc1ccn[nH]1)(C(=O)O)c1ccccc1. The van der Waals surface area contributed by atoms with Crippen molar-refractivity contribution >= 4 is 17.7 Å². The number of hydrogen-bond acceptors (Lipinski definition) is 3. The predicted octanol–water partition coefficient (Wildman–Crippen LogP) is 1.78. The highest BCUT2D eigenvalue weighted by Gasteiger charge is 2.37. The molecule has 104 valence electrons. The van der Waals surface area contributed by atoms with Crippen LogP contribution in [-0.2, 0) is 15.0 Å². The molecule has 1 heterocycles. The van der Waals surface area contributed by atoms with Crippen LogP contribution in [0.4, 0.5) is 5.82 Å².